The Labute approximate surface area is 161 Å². The molecule has 1 N–H and O–H groups in total. The summed E-state index contributed by atoms with van der Waals surface area (Å²) < 4.78 is 39.7. The van der Waals surface area contributed by atoms with Gasteiger partial charge in [0.25, 0.3) is 0 Å². The first-order valence-electron chi connectivity index (χ1n) is 8.22. The van der Waals surface area contributed by atoms with Crippen molar-refractivity contribution in [3.8, 4) is 0 Å². The van der Waals surface area contributed by atoms with Gasteiger partial charge >= 0.3 is 6.18 Å². The van der Waals surface area contributed by atoms with E-state index in [0.717, 1.165) is 40.9 Å². The van der Waals surface area contributed by atoms with Gasteiger partial charge < -0.3 is 5.32 Å². The topological polar surface area (TPSA) is 15.3 Å². The summed E-state index contributed by atoms with van der Waals surface area (Å²) in [6.07, 6.45) is -4.95. The van der Waals surface area contributed by atoms with Crippen molar-refractivity contribution in [3.63, 3.8) is 0 Å². The van der Waals surface area contributed by atoms with Crippen LogP contribution in [0.2, 0.25) is 0 Å². The number of benzene rings is 1. The minimum atomic E-state index is -4.17. The third-order valence-electron chi connectivity index (χ3n) is 5.41. The zero-order valence-corrected chi connectivity index (χ0v) is 17.1. The second-order valence-corrected chi connectivity index (χ2v) is 6.66. The van der Waals surface area contributed by atoms with Gasteiger partial charge in [-0.3, -0.25) is 4.90 Å². The third kappa shape index (κ3) is 5.49. The minimum Gasteiger partial charge on any atom is -0.314 e. The predicted molar refractivity (Wildman–Crippen MR) is 102 cm³/mol. The molecule has 2 nitrogen and oxygen atoms in total. The molecule has 25 heavy (non-hydrogen) atoms. The molecule has 1 aromatic carbocycles. The maximum atomic E-state index is 13.2. The average molecular weight is 401 g/mol. The summed E-state index contributed by atoms with van der Waals surface area (Å²) in [5, 5.41) is 3.22. The van der Waals surface area contributed by atoms with Crippen LogP contribution in [0, 0.1) is 34.6 Å². The summed E-state index contributed by atoms with van der Waals surface area (Å²) in [5.74, 6) is 0. The highest BCUT2D eigenvalue weighted by Crippen LogP contribution is 2.39. The Morgan fingerprint density at radius 2 is 1.24 bits per heavy atom. The van der Waals surface area contributed by atoms with Gasteiger partial charge in [-0.15, -0.1) is 24.8 Å². The van der Waals surface area contributed by atoms with Crippen LogP contribution < -0.4 is 5.32 Å². The molecule has 0 spiro atoms. The van der Waals surface area contributed by atoms with E-state index in [-0.39, 0.29) is 24.8 Å². The van der Waals surface area contributed by atoms with Gasteiger partial charge in [-0.2, -0.15) is 13.2 Å². The molecule has 0 aromatic heterocycles. The Hall–Kier alpha value is -0.490. The van der Waals surface area contributed by atoms with E-state index in [9.17, 15) is 13.2 Å². The van der Waals surface area contributed by atoms with Gasteiger partial charge in [0.1, 0.15) is 0 Å². The van der Waals surface area contributed by atoms with Crippen LogP contribution in [0.5, 0.6) is 0 Å². The molecule has 0 amide bonds. The predicted octanol–water partition coefficient (Wildman–Crippen LogP) is 4.97. The smallest absolute Gasteiger partial charge is 0.314 e. The standard InChI is InChI=1S/C18H27F3N2.2ClH/c1-11-12(2)14(4)17(15(5)13(11)3)16(10-18(19,20)21)23-8-6-22-7-9-23;;/h16,22H,6-10H2,1-5H3;2*1H/t16-;;/m1../s1. The second kappa shape index (κ2) is 9.45. The molecule has 0 saturated carbocycles. The molecular formula is C18H29Cl2F3N2. The van der Waals surface area contributed by atoms with Crippen molar-refractivity contribution in [1.82, 2.24) is 10.2 Å². The van der Waals surface area contributed by atoms with Crippen molar-refractivity contribution < 1.29 is 13.2 Å². The van der Waals surface area contributed by atoms with Crippen molar-refractivity contribution >= 4 is 24.8 Å². The zero-order valence-electron chi connectivity index (χ0n) is 15.5. The molecule has 0 radical (unpaired) electrons. The lowest BCUT2D eigenvalue weighted by molar-refractivity contribution is -0.148. The van der Waals surface area contributed by atoms with Gasteiger partial charge in [0.2, 0.25) is 0 Å². The normalized spacial score (nSPS) is 16.8. The Morgan fingerprint density at radius 3 is 1.64 bits per heavy atom. The van der Waals surface area contributed by atoms with E-state index in [1.54, 1.807) is 0 Å². The quantitative estimate of drug-likeness (QED) is 0.769. The Morgan fingerprint density at radius 1 is 0.840 bits per heavy atom. The fourth-order valence-corrected chi connectivity index (χ4v) is 3.66. The fourth-order valence-electron chi connectivity index (χ4n) is 3.66. The van der Waals surface area contributed by atoms with Crippen molar-refractivity contribution in [2.45, 2.75) is 53.3 Å². The van der Waals surface area contributed by atoms with Crippen LogP contribution in [0.1, 0.15) is 45.8 Å². The van der Waals surface area contributed by atoms with Crippen LogP contribution in [-0.2, 0) is 0 Å². The molecule has 0 aliphatic carbocycles. The molecule has 7 heteroatoms. The van der Waals surface area contributed by atoms with Gasteiger partial charge in [0.15, 0.2) is 0 Å². The van der Waals surface area contributed by atoms with E-state index in [2.05, 4.69) is 12.2 Å². The fraction of sp³-hybridized carbons (Fsp3) is 0.667. The number of rotatable bonds is 3. The third-order valence-corrected chi connectivity index (χ3v) is 5.41. The van der Waals surface area contributed by atoms with Gasteiger partial charge in [0.05, 0.1) is 6.42 Å². The molecule has 1 saturated heterocycles. The van der Waals surface area contributed by atoms with Crippen molar-refractivity contribution in [1.29, 1.82) is 0 Å². The molecule has 1 aliphatic rings. The van der Waals surface area contributed by atoms with Crippen molar-refractivity contribution in [2.24, 2.45) is 0 Å². The van der Waals surface area contributed by atoms with Gasteiger partial charge in [-0.05, 0) is 68.0 Å². The van der Waals surface area contributed by atoms with Crippen LogP contribution in [0.4, 0.5) is 13.2 Å². The zero-order chi connectivity index (χ0) is 17.4. The molecule has 0 bridgehead atoms. The SMILES string of the molecule is Cc1c(C)c(C)c([C@@H](CC(F)(F)F)N2CCNCC2)c(C)c1C.Cl.Cl. The molecule has 1 fully saturated rings. The Bertz CT molecular complexity index is 554. The monoisotopic (exact) mass is 400 g/mol. The molecule has 1 aromatic rings. The van der Waals surface area contributed by atoms with Crippen molar-refractivity contribution in [3.05, 3.63) is 33.4 Å². The first-order valence-corrected chi connectivity index (χ1v) is 8.22. The maximum absolute atomic E-state index is 13.2. The number of alkyl halides is 3. The highest BCUT2D eigenvalue weighted by atomic mass is 35.5. The molecule has 2 rings (SSSR count). The van der Waals surface area contributed by atoms with E-state index in [1.165, 1.54) is 5.56 Å². The van der Waals surface area contributed by atoms with E-state index >= 15 is 0 Å². The van der Waals surface area contributed by atoms with Crippen LogP contribution in [0.25, 0.3) is 0 Å². The highest BCUT2D eigenvalue weighted by Gasteiger charge is 2.37. The molecule has 1 heterocycles. The van der Waals surface area contributed by atoms with Crippen LogP contribution in [0.3, 0.4) is 0 Å². The number of hydrogen-bond donors (Lipinski definition) is 1. The first kappa shape index (κ1) is 24.5. The Kier molecular flexibility index (Phi) is 9.26. The van der Waals surface area contributed by atoms with Crippen LogP contribution >= 0.6 is 24.8 Å². The molecule has 146 valence electrons. The number of hydrogen-bond acceptors (Lipinski definition) is 2. The number of piperazine rings is 1. The van der Waals surface area contributed by atoms with E-state index < -0.39 is 18.6 Å². The van der Waals surface area contributed by atoms with Crippen LogP contribution in [0.15, 0.2) is 0 Å². The summed E-state index contributed by atoms with van der Waals surface area (Å²) >= 11 is 0. The first-order chi connectivity index (χ1) is 10.6. The van der Waals surface area contributed by atoms with E-state index in [1.807, 2.05) is 32.6 Å². The molecule has 0 unspecified atom stereocenters. The lowest BCUT2D eigenvalue weighted by Gasteiger charge is -2.38. The minimum absolute atomic E-state index is 0. The average Bonchev–Trinajstić information content (AvgIpc) is 2.50. The number of halogens is 5. The summed E-state index contributed by atoms with van der Waals surface area (Å²) in [6.45, 7) is 12.8. The lowest BCUT2D eigenvalue weighted by atomic mass is 9.84. The summed E-state index contributed by atoms with van der Waals surface area (Å²) in [6, 6.07) is -0.588. The summed E-state index contributed by atoms with van der Waals surface area (Å²) in [4.78, 5) is 1.99. The van der Waals surface area contributed by atoms with E-state index in [4.69, 9.17) is 0 Å². The number of nitrogens with one attached hydrogen (secondary N) is 1. The van der Waals surface area contributed by atoms with E-state index in [0.29, 0.717) is 13.1 Å². The highest BCUT2D eigenvalue weighted by molar-refractivity contribution is 5.85. The molecule has 1 atom stereocenters. The maximum Gasteiger partial charge on any atom is 0.390 e. The van der Waals surface area contributed by atoms with Gasteiger partial charge in [-0.25, -0.2) is 0 Å². The van der Waals surface area contributed by atoms with Gasteiger partial charge in [0, 0.05) is 32.2 Å². The van der Waals surface area contributed by atoms with Crippen LogP contribution in [-0.4, -0.2) is 37.3 Å². The second-order valence-electron chi connectivity index (χ2n) is 6.66. The lowest BCUT2D eigenvalue weighted by Crippen LogP contribution is -2.46. The summed E-state index contributed by atoms with van der Waals surface area (Å²) in [7, 11) is 0. The summed E-state index contributed by atoms with van der Waals surface area (Å²) in [5.41, 5.74) is 6.33. The van der Waals surface area contributed by atoms with Gasteiger partial charge in [-0.1, -0.05) is 0 Å². The molecular weight excluding hydrogens is 372 g/mol. The largest absolute Gasteiger partial charge is 0.390 e. The molecule has 1 aliphatic heterocycles. The van der Waals surface area contributed by atoms with Crippen molar-refractivity contribution in [2.75, 3.05) is 26.2 Å². The Balaban J connectivity index is 0.00000288. The number of nitrogens with zero attached hydrogens (tertiary/aromatic N) is 1.